The van der Waals surface area contributed by atoms with Crippen LogP contribution in [0.5, 0.6) is 0 Å². The highest BCUT2D eigenvalue weighted by Gasteiger charge is 2.06. The Hall–Kier alpha value is -0.840. The lowest BCUT2D eigenvalue weighted by Gasteiger charge is -2.13. The van der Waals surface area contributed by atoms with Crippen molar-refractivity contribution in [3.8, 4) is 0 Å². The van der Waals surface area contributed by atoms with Crippen LogP contribution in [0.3, 0.4) is 0 Å². The fourth-order valence-corrected chi connectivity index (χ4v) is 1.32. The smallest absolute Gasteiger partial charge is 0.123 e. The molecule has 0 saturated heterocycles. The van der Waals surface area contributed by atoms with Gasteiger partial charge in [-0.25, -0.2) is 4.98 Å². The first-order chi connectivity index (χ1) is 7.63. The normalized spacial score (nSPS) is 12.7. The van der Waals surface area contributed by atoms with E-state index in [-0.39, 0.29) is 6.10 Å². The molecular formula is C11H17ClN2O2. The Morgan fingerprint density at radius 2 is 2.25 bits per heavy atom. The zero-order valence-electron chi connectivity index (χ0n) is 9.57. The van der Waals surface area contributed by atoms with E-state index in [9.17, 15) is 0 Å². The summed E-state index contributed by atoms with van der Waals surface area (Å²) in [7, 11) is 0. The molecule has 16 heavy (non-hydrogen) atoms. The summed E-state index contributed by atoms with van der Waals surface area (Å²) < 4.78 is 10.8. The lowest BCUT2D eigenvalue weighted by atomic mass is 10.3. The van der Waals surface area contributed by atoms with E-state index in [1.165, 1.54) is 0 Å². The first-order valence-corrected chi connectivity index (χ1v) is 5.61. The zero-order chi connectivity index (χ0) is 12.0. The monoisotopic (exact) mass is 244 g/mol. The summed E-state index contributed by atoms with van der Waals surface area (Å²) in [6, 6.07) is 3.38. The minimum absolute atomic E-state index is 0.0132. The number of anilines is 1. The SMILES string of the molecule is CCOCC(C)OCc1nc(N)ccc1Cl. The topological polar surface area (TPSA) is 57.4 Å². The van der Waals surface area contributed by atoms with Crippen molar-refractivity contribution >= 4 is 17.4 Å². The first-order valence-electron chi connectivity index (χ1n) is 5.23. The summed E-state index contributed by atoms with van der Waals surface area (Å²) in [5.74, 6) is 0.445. The van der Waals surface area contributed by atoms with Gasteiger partial charge in [-0.3, -0.25) is 0 Å². The van der Waals surface area contributed by atoms with Crippen molar-refractivity contribution < 1.29 is 9.47 Å². The fraction of sp³-hybridized carbons (Fsp3) is 0.545. The van der Waals surface area contributed by atoms with E-state index in [1.54, 1.807) is 12.1 Å². The van der Waals surface area contributed by atoms with E-state index in [0.29, 0.717) is 36.4 Å². The number of hydrogen-bond donors (Lipinski definition) is 1. The molecule has 1 atom stereocenters. The number of nitrogens with zero attached hydrogens (tertiary/aromatic N) is 1. The van der Waals surface area contributed by atoms with E-state index >= 15 is 0 Å². The number of aromatic nitrogens is 1. The highest BCUT2D eigenvalue weighted by atomic mass is 35.5. The number of ether oxygens (including phenoxy) is 2. The lowest BCUT2D eigenvalue weighted by Crippen LogP contribution is -2.16. The van der Waals surface area contributed by atoms with Gasteiger partial charge in [-0.05, 0) is 26.0 Å². The highest BCUT2D eigenvalue weighted by molar-refractivity contribution is 6.31. The van der Waals surface area contributed by atoms with Crippen molar-refractivity contribution in [2.24, 2.45) is 0 Å². The second kappa shape index (κ2) is 6.68. The van der Waals surface area contributed by atoms with Crippen LogP contribution in [0.15, 0.2) is 12.1 Å². The van der Waals surface area contributed by atoms with Crippen molar-refractivity contribution in [3.63, 3.8) is 0 Å². The average Bonchev–Trinajstić information content (AvgIpc) is 2.27. The molecule has 0 bridgehead atoms. The number of pyridine rings is 1. The summed E-state index contributed by atoms with van der Waals surface area (Å²) in [6.45, 7) is 5.48. The van der Waals surface area contributed by atoms with Crippen molar-refractivity contribution in [2.45, 2.75) is 26.6 Å². The molecule has 0 aliphatic heterocycles. The lowest BCUT2D eigenvalue weighted by molar-refractivity contribution is -0.0126. The fourth-order valence-electron chi connectivity index (χ4n) is 1.16. The maximum atomic E-state index is 5.95. The maximum Gasteiger partial charge on any atom is 0.123 e. The van der Waals surface area contributed by atoms with Gasteiger partial charge in [0.1, 0.15) is 5.82 Å². The van der Waals surface area contributed by atoms with Gasteiger partial charge in [-0.2, -0.15) is 0 Å². The molecule has 1 unspecified atom stereocenters. The Morgan fingerprint density at radius 3 is 2.94 bits per heavy atom. The van der Waals surface area contributed by atoms with Gasteiger partial charge in [0.25, 0.3) is 0 Å². The van der Waals surface area contributed by atoms with Crippen LogP contribution in [0.25, 0.3) is 0 Å². The van der Waals surface area contributed by atoms with E-state index in [1.807, 2.05) is 13.8 Å². The predicted molar refractivity (Wildman–Crippen MR) is 64.4 cm³/mol. The molecule has 0 spiro atoms. The Labute approximate surface area is 101 Å². The van der Waals surface area contributed by atoms with Gasteiger partial charge >= 0.3 is 0 Å². The van der Waals surface area contributed by atoms with Gasteiger partial charge in [0.15, 0.2) is 0 Å². The molecule has 0 fully saturated rings. The summed E-state index contributed by atoms with van der Waals surface area (Å²) >= 11 is 5.95. The summed E-state index contributed by atoms with van der Waals surface area (Å²) in [6.07, 6.45) is 0.0132. The van der Waals surface area contributed by atoms with Gasteiger partial charge in [-0.1, -0.05) is 11.6 Å². The van der Waals surface area contributed by atoms with Gasteiger partial charge in [0.2, 0.25) is 0 Å². The molecule has 0 aliphatic rings. The molecule has 0 saturated carbocycles. The summed E-state index contributed by atoms with van der Waals surface area (Å²) in [5.41, 5.74) is 6.22. The second-order valence-electron chi connectivity index (χ2n) is 3.45. The number of nitrogens with two attached hydrogens (primary N) is 1. The van der Waals surface area contributed by atoms with Crippen LogP contribution in [0.1, 0.15) is 19.5 Å². The largest absolute Gasteiger partial charge is 0.384 e. The molecule has 1 aromatic rings. The van der Waals surface area contributed by atoms with E-state index < -0.39 is 0 Å². The minimum Gasteiger partial charge on any atom is -0.384 e. The Balaban J connectivity index is 2.44. The Morgan fingerprint density at radius 1 is 1.50 bits per heavy atom. The predicted octanol–water partition coefficient (Wildman–Crippen LogP) is 2.26. The standard InChI is InChI=1S/C11H17ClN2O2/c1-3-15-6-8(2)16-7-10-9(12)4-5-11(13)14-10/h4-5,8H,3,6-7H2,1-2H3,(H2,13,14). The third-order valence-electron chi connectivity index (χ3n) is 2.00. The molecule has 1 rings (SSSR count). The number of hydrogen-bond acceptors (Lipinski definition) is 4. The minimum atomic E-state index is 0.0132. The highest BCUT2D eigenvalue weighted by Crippen LogP contribution is 2.16. The number of nitrogen functional groups attached to an aromatic ring is 1. The van der Waals surface area contributed by atoms with Crippen LogP contribution in [0.2, 0.25) is 5.02 Å². The molecule has 1 heterocycles. The third kappa shape index (κ3) is 4.35. The van der Waals surface area contributed by atoms with Crippen molar-refractivity contribution in [1.29, 1.82) is 0 Å². The van der Waals surface area contributed by atoms with Crippen LogP contribution >= 0.6 is 11.6 Å². The zero-order valence-corrected chi connectivity index (χ0v) is 10.3. The van der Waals surface area contributed by atoms with Gasteiger partial charge < -0.3 is 15.2 Å². The molecule has 0 aliphatic carbocycles. The molecule has 0 radical (unpaired) electrons. The molecule has 1 aromatic heterocycles. The van der Waals surface area contributed by atoms with E-state index in [4.69, 9.17) is 26.8 Å². The average molecular weight is 245 g/mol. The number of halogens is 1. The van der Waals surface area contributed by atoms with E-state index in [2.05, 4.69) is 4.98 Å². The second-order valence-corrected chi connectivity index (χ2v) is 3.85. The molecule has 90 valence electrons. The van der Waals surface area contributed by atoms with Crippen molar-refractivity contribution in [2.75, 3.05) is 18.9 Å². The van der Waals surface area contributed by atoms with E-state index in [0.717, 1.165) is 0 Å². The molecule has 2 N–H and O–H groups in total. The van der Waals surface area contributed by atoms with Crippen LogP contribution in [-0.2, 0) is 16.1 Å². The van der Waals surface area contributed by atoms with Crippen LogP contribution in [-0.4, -0.2) is 24.3 Å². The van der Waals surface area contributed by atoms with Crippen molar-refractivity contribution in [1.82, 2.24) is 4.98 Å². The van der Waals surface area contributed by atoms with Crippen molar-refractivity contribution in [3.05, 3.63) is 22.8 Å². The van der Waals surface area contributed by atoms with Crippen LogP contribution in [0.4, 0.5) is 5.82 Å². The summed E-state index contributed by atoms with van der Waals surface area (Å²) in [5, 5.41) is 0.567. The summed E-state index contributed by atoms with van der Waals surface area (Å²) in [4.78, 5) is 4.10. The molecule has 5 heteroatoms. The molecular weight excluding hydrogens is 228 g/mol. The molecule has 0 aromatic carbocycles. The van der Waals surface area contributed by atoms with Crippen LogP contribution < -0.4 is 5.73 Å². The Bertz CT molecular complexity index is 334. The Kier molecular flexibility index (Phi) is 5.52. The maximum absolute atomic E-state index is 5.95. The van der Waals surface area contributed by atoms with Gasteiger partial charge in [0, 0.05) is 6.61 Å². The third-order valence-corrected chi connectivity index (χ3v) is 2.35. The quantitative estimate of drug-likeness (QED) is 0.834. The van der Waals surface area contributed by atoms with Gasteiger partial charge in [-0.15, -0.1) is 0 Å². The molecule has 4 nitrogen and oxygen atoms in total. The first kappa shape index (κ1) is 13.2. The van der Waals surface area contributed by atoms with Gasteiger partial charge in [0.05, 0.1) is 30.0 Å². The van der Waals surface area contributed by atoms with Crippen LogP contribution in [0, 0.1) is 0 Å². The number of rotatable bonds is 6. The molecule has 0 amide bonds.